The molecule has 35 heavy (non-hydrogen) atoms. The van der Waals surface area contributed by atoms with Crippen LogP contribution in [0.5, 0.6) is 0 Å². The molecule has 1 saturated heterocycles. The predicted molar refractivity (Wildman–Crippen MR) is 130 cm³/mol. The van der Waals surface area contributed by atoms with E-state index in [1.54, 1.807) is 19.1 Å². The summed E-state index contributed by atoms with van der Waals surface area (Å²) >= 11 is 0. The number of carbonyl (C=O) groups is 1. The first-order valence-electron chi connectivity index (χ1n) is 11.5. The van der Waals surface area contributed by atoms with E-state index in [9.17, 15) is 9.18 Å². The van der Waals surface area contributed by atoms with Crippen LogP contribution in [0.25, 0.3) is 44.9 Å². The molecule has 7 nitrogen and oxygen atoms in total. The number of furan rings is 1. The number of carbonyl (C=O) groups excluding carboxylic acids is 1. The fraction of sp³-hybridized carbons (Fsp3) is 0.185. The van der Waals surface area contributed by atoms with Gasteiger partial charge in [0.1, 0.15) is 23.6 Å². The maximum Gasteiger partial charge on any atom is 0.230 e. The summed E-state index contributed by atoms with van der Waals surface area (Å²) in [6, 6.07) is 18.1. The highest BCUT2D eigenvalue weighted by molar-refractivity contribution is 5.95. The Hall–Kier alpha value is -4.33. The second kappa shape index (κ2) is 8.47. The fourth-order valence-corrected chi connectivity index (χ4v) is 4.63. The van der Waals surface area contributed by atoms with Gasteiger partial charge in [0.05, 0.1) is 17.1 Å². The molecule has 1 aliphatic rings. The number of hydrogen-bond acceptors (Lipinski definition) is 5. The van der Waals surface area contributed by atoms with Crippen molar-refractivity contribution in [3.8, 4) is 33.8 Å². The van der Waals surface area contributed by atoms with E-state index >= 15 is 0 Å². The quantitative estimate of drug-likeness (QED) is 0.356. The van der Waals surface area contributed by atoms with Crippen molar-refractivity contribution < 1.29 is 13.6 Å². The zero-order valence-electron chi connectivity index (χ0n) is 19.1. The maximum atomic E-state index is 13.7. The molecule has 6 rings (SSSR count). The lowest BCUT2D eigenvalue weighted by Crippen LogP contribution is -2.26. The number of halogens is 1. The van der Waals surface area contributed by atoms with Gasteiger partial charge in [0.25, 0.3) is 0 Å². The minimum atomic E-state index is -0.311. The molecule has 174 valence electrons. The third kappa shape index (κ3) is 3.86. The molecule has 1 atom stereocenters. The summed E-state index contributed by atoms with van der Waals surface area (Å²) in [6.45, 7) is 2.88. The van der Waals surface area contributed by atoms with Crippen LogP contribution in [-0.2, 0) is 4.79 Å². The Bertz CT molecular complexity index is 1520. The van der Waals surface area contributed by atoms with E-state index in [0.717, 1.165) is 28.5 Å². The molecule has 1 fully saturated rings. The molecule has 8 heteroatoms. The standard InChI is InChI=1S/C27H22FN5O2/c1-17(34)32-12-11-21(14-32)33-15-23(25(31-33)19-7-9-20(28)10-8-19)26-22-13-24(18-5-3-2-4-6-18)35-27(22)30-16-29-26/h2-10,13,15-16,21H,11-12,14H2,1H3. The highest BCUT2D eigenvalue weighted by atomic mass is 19.1. The summed E-state index contributed by atoms with van der Waals surface area (Å²) in [7, 11) is 0. The zero-order chi connectivity index (χ0) is 23.9. The van der Waals surface area contributed by atoms with Gasteiger partial charge in [-0.15, -0.1) is 0 Å². The number of benzene rings is 2. The Morgan fingerprint density at radius 3 is 2.57 bits per heavy atom. The largest absolute Gasteiger partial charge is 0.438 e. The SMILES string of the molecule is CC(=O)N1CCC(n2cc(-c3ncnc4oc(-c5ccccc5)cc34)c(-c3ccc(F)cc3)n2)C1. The molecular weight excluding hydrogens is 445 g/mol. The summed E-state index contributed by atoms with van der Waals surface area (Å²) in [4.78, 5) is 22.6. The van der Waals surface area contributed by atoms with E-state index in [1.807, 2.05) is 52.2 Å². The van der Waals surface area contributed by atoms with Crippen molar-refractivity contribution in [2.45, 2.75) is 19.4 Å². The number of aromatic nitrogens is 4. The topological polar surface area (TPSA) is 77.0 Å². The van der Waals surface area contributed by atoms with Crippen molar-refractivity contribution in [2.75, 3.05) is 13.1 Å². The molecule has 0 saturated carbocycles. The minimum Gasteiger partial charge on any atom is -0.438 e. The van der Waals surface area contributed by atoms with Gasteiger partial charge in [-0.1, -0.05) is 30.3 Å². The summed E-state index contributed by atoms with van der Waals surface area (Å²) in [5, 5.41) is 5.67. The van der Waals surface area contributed by atoms with Crippen LogP contribution in [-0.4, -0.2) is 43.6 Å². The van der Waals surface area contributed by atoms with E-state index in [0.29, 0.717) is 36.0 Å². The molecule has 0 radical (unpaired) electrons. The summed E-state index contributed by atoms with van der Waals surface area (Å²) < 4.78 is 21.6. The van der Waals surface area contributed by atoms with Gasteiger partial charge in [0, 0.05) is 42.9 Å². The van der Waals surface area contributed by atoms with Crippen molar-refractivity contribution in [1.29, 1.82) is 0 Å². The molecular formula is C27H22FN5O2. The lowest BCUT2D eigenvalue weighted by molar-refractivity contribution is -0.127. The third-order valence-electron chi connectivity index (χ3n) is 6.48. The minimum absolute atomic E-state index is 0.0494. The van der Waals surface area contributed by atoms with Crippen LogP contribution < -0.4 is 0 Å². The number of nitrogens with zero attached hydrogens (tertiary/aromatic N) is 5. The summed E-state index contributed by atoms with van der Waals surface area (Å²) in [5.41, 5.74) is 4.38. The van der Waals surface area contributed by atoms with Crippen LogP contribution in [0.4, 0.5) is 4.39 Å². The van der Waals surface area contributed by atoms with Crippen LogP contribution in [0.3, 0.4) is 0 Å². The highest BCUT2D eigenvalue weighted by Crippen LogP contribution is 2.38. The van der Waals surface area contributed by atoms with Crippen LogP contribution >= 0.6 is 0 Å². The highest BCUT2D eigenvalue weighted by Gasteiger charge is 2.28. The third-order valence-corrected chi connectivity index (χ3v) is 6.48. The van der Waals surface area contributed by atoms with Gasteiger partial charge in [0.15, 0.2) is 0 Å². The molecule has 1 amide bonds. The zero-order valence-corrected chi connectivity index (χ0v) is 19.1. The summed E-state index contributed by atoms with van der Waals surface area (Å²) in [5.74, 6) is 0.448. The molecule has 0 aliphatic carbocycles. The van der Waals surface area contributed by atoms with Gasteiger partial charge in [-0.3, -0.25) is 9.48 Å². The molecule has 4 heterocycles. The Morgan fingerprint density at radius 2 is 1.83 bits per heavy atom. The van der Waals surface area contributed by atoms with Gasteiger partial charge >= 0.3 is 0 Å². The normalized spacial score (nSPS) is 15.7. The monoisotopic (exact) mass is 467 g/mol. The Balaban J connectivity index is 1.50. The van der Waals surface area contributed by atoms with E-state index in [1.165, 1.54) is 18.5 Å². The van der Waals surface area contributed by atoms with E-state index < -0.39 is 0 Å². The first kappa shape index (κ1) is 21.2. The molecule has 1 aliphatic heterocycles. The van der Waals surface area contributed by atoms with Gasteiger partial charge in [0.2, 0.25) is 11.6 Å². The Labute approximate surface area is 200 Å². The molecule has 1 unspecified atom stereocenters. The van der Waals surface area contributed by atoms with E-state index in [4.69, 9.17) is 9.52 Å². The number of rotatable bonds is 4. The van der Waals surface area contributed by atoms with Gasteiger partial charge < -0.3 is 9.32 Å². The second-order valence-electron chi connectivity index (χ2n) is 8.70. The molecule has 0 N–H and O–H groups in total. The first-order valence-corrected chi connectivity index (χ1v) is 11.5. The van der Waals surface area contributed by atoms with Gasteiger partial charge in [-0.25, -0.2) is 14.4 Å². The molecule has 0 spiro atoms. The molecule has 0 bridgehead atoms. The van der Waals surface area contributed by atoms with E-state index in [2.05, 4.69) is 9.97 Å². The van der Waals surface area contributed by atoms with Crippen molar-refractivity contribution in [2.24, 2.45) is 0 Å². The first-order chi connectivity index (χ1) is 17.1. The van der Waals surface area contributed by atoms with E-state index in [-0.39, 0.29) is 17.8 Å². The summed E-state index contributed by atoms with van der Waals surface area (Å²) in [6.07, 6.45) is 4.26. The van der Waals surface area contributed by atoms with Crippen molar-refractivity contribution in [1.82, 2.24) is 24.6 Å². The average Bonchev–Trinajstić information content (AvgIpc) is 3.62. The molecule has 5 aromatic rings. The maximum absolute atomic E-state index is 13.7. The molecule has 3 aromatic heterocycles. The average molecular weight is 468 g/mol. The lowest BCUT2D eigenvalue weighted by Gasteiger charge is -2.14. The smallest absolute Gasteiger partial charge is 0.230 e. The predicted octanol–water partition coefficient (Wildman–Crippen LogP) is 5.35. The van der Waals surface area contributed by atoms with Crippen molar-refractivity contribution in [3.63, 3.8) is 0 Å². The van der Waals surface area contributed by atoms with Crippen LogP contribution in [0.1, 0.15) is 19.4 Å². The Morgan fingerprint density at radius 1 is 1.03 bits per heavy atom. The number of fused-ring (bicyclic) bond motifs is 1. The van der Waals surface area contributed by atoms with Crippen LogP contribution in [0, 0.1) is 5.82 Å². The van der Waals surface area contributed by atoms with Gasteiger partial charge in [-0.2, -0.15) is 5.10 Å². The van der Waals surface area contributed by atoms with Crippen LogP contribution in [0.2, 0.25) is 0 Å². The lowest BCUT2D eigenvalue weighted by atomic mass is 10.0. The Kier molecular flexibility index (Phi) is 5.13. The van der Waals surface area contributed by atoms with Crippen molar-refractivity contribution in [3.05, 3.63) is 79.0 Å². The number of likely N-dealkylation sites (tertiary alicyclic amines) is 1. The number of hydrogen-bond donors (Lipinski definition) is 0. The van der Waals surface area contributed by atoms with Crippen molar-refractivity contribution >= 4 is 17.0 Å². The van der Waals surface area contributed by atoms with Gasteiger partial charge in [-0.05, 0) is 36.8 Å². The number of amides is 1. The second-order valence-corrected chi connectivity index (χ2v) is 8.70. The van der Waals surface area contributed by atoms with Crippen LogP contribution in [0.15, 0.2) is 77.6 Å². The fourth-order valence-electron chi connectivity index (χ4n) is 4.63. The molecule has 2 aromatic carbocycles.